The number of hydrogen-bond donors (Lipinski definition) is 1. The Morgan fingerprint density at radius 3 is 2.13 bits per heavy atom. The van der Waals surface area contributed by atoms with Crippen molar-refractivity contribution >= 4 is 11.8 Å². The number of carbonyl (C=O) groups is 2. The maximum absolute atomic E-state index is 13.1. The Hall–Kier alpha value is -1.84. The molecule has 0 atom stereocenters. The zero-order valence-electron chi connectivity index (χ0n) is 18.9. The maximum Gasteiger partial charge on any atom is 0.223 e. The van der Waals surface area contributed by atoms with E-state index in [1.54, 1.807) is 0 Å². The molecule has 0 unspecified atom stereocenters. The molecule has 1 aromatic rings. The minimum Gasteiger partial charge on any atom is -0.350 e. The first-order valence-corrected chi connectivity index (χ1v) is 12.7. The number of unbranched alkanes of at least 4 members (excludes halogenated alkanes) is 1. The molecule has 4 nitrogen and oxygen atoms in total. The number of nitrogens with one attached hydrogen (secondary N) is 1. The van der Waals surface area contributed by atoms with Gasteiger partial charge in [-0.05, 0) is 93.9 Å². The van der Waals surface area contributed by atoms with Crippen molar-refractivity contribution in [3.8, 4) is 0 Å². The normalized spacial score (nSPS) is 32.3. The Morgan fingerprint density at radius 1 is 0.903 bits per heavy atom. The first kappa shape index (κ1) is 21.0. The number of carbonyl (C=O) groups excluding carboxylic acids is 2. The molecule has 1 saturated heterocycles. The van der Waals surface area contributed by atoms with E-state index in [4.69, 9.17) is 0 Å². The Labute approximate surface area is 187 Å². The van der Waals surface area contributed by atoms with E-state index in [1.807, 2.05) is 11.0 Å². The molecule has 4 saturated carbocycles. The quantitative estimate of drug-likeness (QED) is 0.646. The van der Waals surface area contributed by atoms with Crippen LogP contribution < -0.4 is 5.32 Å². The van der Waals surface area contributed by atoms with Crippen molar-refractivity contribution in [2.75, 3.05) is 13.1 Å². The summed E-state index contributed by atoms with van der Waals surface area (Å²) in [6.45, 7) is 1.49. The van der Waals surface area contributed by atoms with Gasteiger partial charge in [-0.1, -0.05) is 30.3 Å². The number of piperidine rings is 1. The Kier molecular flexibility index (Phi) is 6.08. The number of likely N-dealkylation sites (tertiary alicyclic amines) is 1. The second-order valence-corrected chi connectivity index (χ2v) is 11.0. The minimum atomic E-state index is 0.0927. The highest BCUT2D eigenvalue weighted by atomic mass is 16.2. The molecule has 1 heterocycles. The van der Waals surface area contributed by atoms with Crippen molar-refractivity contribution in [1.29, 1.82) is 0 Å². The molecule has 4 aliphatic carbocycles. The fraction of sp³-hybridized carbons (Fsp3) is 0.704. The van der Waals surface area contributed by atoms with Crippen molar-refractivity contribution in [2.24, 2.45) is 23.7 Å². The molecule has 4 bridgehead atoms. The van der Waals surface area contributed by atoms with Gasteiger partial charge in [0.25, 0.3) is 0 Å². The molecule has 1 N–H and O–H groups in total. The molecule has 0 spiro atoms. The van der Waals surface area contributed by atoms with Gasteiger partial charge in [0.15, 0.2) is 0 Å². The van der Waals surface area contributed by atoms with Crippen molar-refractivity contribution in [2.45, 2.75) is 82.6 Å². The molecule has 5 fully saturated rings. The minimum absolute atomic E-state index is 0.0927. The lowest BCUT2D eigenvalue weighted by atomic mass is 9.53. The predicted molar refractivity (Wildman–Crippen MR) is 122 cm³/mol. The van der Waals surface area contributed by atoms with E-state index >= 15 is 0 Å². The summed E-state index contributed by atoms with van der Waals surface area (Å²) in [6.07, 6.45) is 13.2. The highest BCUT2D eigenvalue weighted by molar-refractivity contribution is 5.80. The second kappa shape index (κ2) is 8.96. The van der Waals surface area contributed by atoms with E-state index in [1.165, 1.54) is 44.1 Å². The Bertz CT molecular complexity index is 746. The van der Waals surface area contributed by atoms with Crippen molar-refractivity contribution in [3.63, 3.8) is 0 Å². The average Bonchev–Trinajstić information content (AvgIpc) is 2.76. The second-order valence-electron chi connectivity index (χ2n) is 11.0. The summed E-state index contributed by atoms with van der Waals surface area (Å²) in [5.74, 6) is 3.20. The largest absolute Gasteiger partial charge is 0.350 e. The number of amides is 2. The lowest BCUT2D eigenvalue weighted by Gasteiger charge is -2.57. The van der Waals surface area contributed by atoms with Crippen LogP contribution in [0.3, 0.4) is 0 Å². The molecule has 2 amide bonds. The van der Waals surface area contributed by atoms with Crippen LogP contribution in [0.15, 0.2) is 30.3 Å². The van der Waals surface area contributed by atoms with Gasteiger partial charge >= 0.3 is 0 Å². The third kappa shape index (κ3) is 4.83. The van der Waals surface area contributed by atoms with Crippen LogP contribution in [0.1, 0.15) is 76.2 Å². The molecule has 5 aliphatic rings. The van der Waals surface area contributed by atoms with Crippen LogP contribution in [0, 0.1) is 23.7 Å². The summed E-state index contributed by atoms with van der Waals surface area (Å²) in [5, 5.41) is 3.55. The SMILES string of the molecule is O=C(NC12CC3CC(CC(C3)C1)C2)C1CCN(C(=O)CCCCc2ccccc2)CC1. The molecule has 6 rings (SSSR count). The van der Waals surface area contributed by atoms with Gasteiger partial charge in [0.05, 0.1) is 0 Å². The highest BCUT2D eigenvalue weighted by Crippen LogP contribution is 2.55. The van der Waals surface area contributed by atoms with Gasteiger partial charge in [-0.15, -0.1) is 0 Å². The van der Waals surface area contributed by atoms with Crippen LogP contribution in [0.5, 0.6) is 0 Å². The Balaban J connectivity index is 1.03. The van der Waals surface area contributed by atoms with Crippen LogP contribution >= 0.6 is 0 Å². The van der Waals surface area contributed by atoms with E-state index in [-0.39, 0.29) is 23.3 Å². The summed E-state index contributed by atoms with van der Waals surface area (Å²) in [7, 11) is 0. The summed E-state index contributed by atoms with van der Waals surface area (Å²) in [5.41, 5.74) is 1.46. The van der Waals surface area contributed by atoms with E-state index < -0.39 is 0 Å². The zero-order valence-corrected chi connectivity index (χ0v) is 18.9. The molecular formula is C27H38N2O2. The fourth-order valence-corrected chi connectivity index (χ4v) is 7.43. The third-order valence-corrected chi connectivity index (χ3v) is 8.59. The van der Waals surface area contributed by atoms with Gasteiger partial charge in [0.2, 0.25) is 11.8 Å². The zero-order chi connectivity index (χ0) is 21.3. The summed E-state index contributed by atoms with van der Waals surface area (Å²) in [4.78, 5) is 27.7. The van der Waals surface area contributed by atoms with Crippen molar-refractivity contribution in [3.05, 3.63) is 35.9 Å². The lowest BCUT2D eigenvalue weighted by Crippen LogP contribution is -2.61. The number of aryl methyl sites for hydroxylation is 1. The van der Waals surface area contributed by atoms with Gasteiger partial charge < -0.3 is 10.2 Å². The summed E-state index contributed by atoms with van der Waals surface area (Å²) < 4.78 is 0. The Morgan fingerprint density at radius 2 is 1.52 bits per heavy atom. The van der Waals surface area contributed by atoms with Crippen molar-refractivity contribution in [1.82, 2.24) is 10.2 Å². The molecule has 31 heavy (non-hydrogen) atoms. The van der Waals surface area contributed by atoms with Gasteiger partial charge in [0.1, 0.15) is 0 Å². The first-order chi connectivity index (χ1) is 15.1. The van der Waals surface area contributed by atoms with Gasteiger partial charge in [-0.2, -0.15) is 0 Å². The molecule has 0 aromatic heterocycles. The van der Waals surface area contributed by atoms with E-state index in [0.29, 0.717) is 6.42 Å². The number of rotatable bonds is 7. The standard InChI is InChI=1S/C27H38N2O2/c30-25(9-5-4-8-20-6-2-1-3-7-20)29-12-10-24(11-13-29)26(31)28-27-17-21-14-22(18-27)16-23(15-21)19-27/h1-3,6-7,21-24H,4-5,8-19H2,(H,28,31). The monoisotopic (exact) mass is 422 g/mol. The van der Waals surface area contributed by atoms with E-state index in [2.05, 4.69) is 29.6 Å². The van der Waals surface area contributed by atoms with Crippen LogP contribution in [-0.4, -0.2) is 35.3 Å². The number of hydrogen-bond acceptors (Lipinski definition) is 2. The molecule has 1 aromatic carbocycles. The van der Waals surface area contributed by atoms with E-state index in [9.17, 15) is 9.59 Å². The molecule has 168 valence electrons. The lowest BCUT2D eigenvalue weighted by molar-refractivity contribution is -0.138. The van der Waals surface area contributed by atoms with Gasteiger partial charge in [-0.3, -0.25) is 9.59 Å². The number of nitrogens with zero attached hydrogens (tertiary/aromatic N) is 1. The summed E-state index contributed by atoms with van der Waals surface area (Å²) >= 11 is 0. The molecule has 4 heteroatoms. The topological polar surface area (TPSA) is 49.4 Å². The van der Waals surface area contributed by atoms with Crippen LogP contribution in [0.25, 0.3) is 0 Å². The highest BCUT2D eigenvalue weighted by Gasteiger charge is 2.51. The third-order valence-electron chi connectivity index (χ3n) is 8.59. The van der Waals surface area contributed by atoms with Crippen LogP contribution in [-0.2, 0) is 16.0 Å². The number of benzene rings is 1. The molecule has 1 aliphatic heterocycles. The van der Waals surface area contributed by atoms with Crippen molar-refractivity contribution < 1.29 is 9.59 Å². The van der Waals surface area contributed by atoms with Crippen LogP contribution in [0.2, 0.25) is 0 Å². The van der Waals surface area contributed by atoms with Crippen LogP contribution in [0.4, 0.5) is 0 Å². The molecule has 0 radical (unpaired) electrons. The predicted octanol–water partition coefficient (Wildman–Crippen LogP) is 4.72. The average molecular weight is 423 g/mol. The van der Waals surface area contributed by atoms with Gasteiger partial charge in [0, 0.05) is 31.0 Å². The summed E-state index contributed by atoms with van der Waals surface area (Å²) in [6, 6.07) is 10.5. The molecular weight excluding hydrogens is 384 g/mol. The fourth-order valence-electron chi connectivity index (χ4n) is 7.43. The first-order valence-electron chi connectivity index (χ1n) is 12.7. The smallest absolute Gasteiger partial charge is 0.223 e. The van der Waals surface area contributed by atoms with E-state index in [0.717, 1.165) is 62.9 Å². The maximum atomic E-state index is 13.1. The van der Waals surface area contributed by atoms with Gasteiger partial charge in [-0.25, -0.2) is 0 Å².